The summed E-state index contributed by atoms with van der Waals surface area (Å²) in [6.07, 6.45) is -0.932. The van der Waals surface area contributed by atoms with Gasteiger partial charge in [0.05, 0.1) is 0 Å². The highest BCUT2D eigenvalue weighted by Crippen LogP contribution is 2.32. The first-order valence-electron chi connectivity index (χ1n) is 9.81. The molecule has 0 radical (unpaired) electrons. The zero-order valence-corrected chi connectivity index (χ0v) is 17.7. The summed E-state index contributed by atoms with van der Waals surface area (Å²) in [5, 5.41) is 2.74. The quantitative estimate of drug-likeness (QED) is 0.701. The van der Waals surface area contributed by atoms with Crippen molar-refractivity contribution < 1.29 is 28.5 Å². The van der Waals surface area contributed by atoms with Crippen LogP contribution in [0.1, 0.15) is 38.8 Å². The molecule has 7 nitrogen and oxygen atoms in total. The molecule has 1 atom stereocenters. The molecule has 0 aliphatic carbocycles. The molecule has 160 valence electrons. The number of benzene rings is 2. The molecule has 0 saturated heterocycles. The number of hydrogen-bond donors (Lipinski definition) is 1. The van der Waals surface area contributed by atoms with E-state index in [1.165, 1.54) is 12.5 Å². The summed E-state index contributed by atoms with van der Waals surface area (Å²) in [6.45, 7) is 8.10. The highest BCUT2D eigenvalue weighted by molar-refractivity contribution is 5.83. The van der Waals surface area contributed by atoms with Gasteiger partial charge in [0.2, 0.25) is 6.79 Å². The molecule has 0 saturated carbocycles. The van der Waals surface area contributed by atoms with E-state index < -0.39 is 18.0 Å². The van der Waals surface area contributed by atoms with Gasteiger partial charge in [0.15, 0.2) is 24.2 Å². The third-order valence-electron chi connectivity index (χ3n) is 4.66. The molecule has 1 N–H and O–H groups in total. The Morgan fingerprint density at radius 3 is 2.47 bits per heavy atom. The van der Waals surface area contributed by atoms with Crippen molar-refractivity contribution >= 4 is 11.9 Å². The SMILES string of the molecule is C[C@@H](OC(=O)COc1ccc(C(C)(C)C)cc1)C(=O)NCc1ccc2c(c1)OCO2. The maximum absolute atomic E-state index is 12.2. The minimum absolute atomic E-state index is 0.0425. The average molecular weight is 413 g/mol. The molecule has 1 amide bonds. The van der Waals surface area contributed by atoms with Crippen molar-refractivity contribution in [3.05, 3.63) is 53.6 Å². The fraction of sp³-hybridized carbons (Fsp3) is 0.391. The van der Waals surface area contributed by atoms with Crippen LogP contribution in [0.15, 0.2) is 42.5 Å². The molecule has 0 unspecified atom stereocenters. The van der Waals surface area contributed by atoms with E-state index in [1.54, 1.807) is 12.1 Å². The number of carbonyl (C=O) groups is 2. The summed E-state index contributed by atoms with van der Waals surface area (Å²) < 4.78 is 21.2. The monoisotopic (exact) mass is 413 g/mol. The standard InChI is InChI=1S/C23H27NO6/c1-15(22(26)24-12-16-5-10-19-20(11-16)29-14-28-19)30-21(25)13-27-18-8-6-17(7-9-18)23(2,3)4/h5-11,15H,12-14H2,1-4H3,(H,24,26)/t15-/m1/s1. The van der Waals surface area contributed by atoms with Crippen molar-refractivity contribution in [3.8, 4) is 17.2 Å². The Morgan fingerprint density at radius 1 is 1.07 bits per heavy atom. The fourth-order valence-corrected chi connectivity index (χ4v) is 2.86. The molecule has 0 bridgehead atoms. The first-order chi connectivity index (χ1) is 14.2. The van der Waals surface area contributed by atoms with Crippen LogP contribution in [-0.2, 0) is 26.3 Å². The van der Waals surface area contributed by atoms with Crippen LogP contribution >= 0.6 is 0 Å². The van der Waals surface area contributed by atoms with Crippen LogP contribution in [0, 0.1) is 0 Å². The lowest BCUT2D eigenvalue weighted by molar-refractivity contribution is -0.156. The summed E-state index contributed by atoms with van der Waals surface area (Å²) >= 11 is 0. The van der Waals surface area contributed by atoms with E-state index in [-0.39, 0.29) is 25.4 Å². The van der Waals surface area contributed by atoms with E-state index in [0.717, 1.165) is 5.56 Å². The summed E-state index contributed by atoms with van der Waals surface area (Å²) in [6, 6.07) is 13.0. The first kappa shape index (κ1) is 21.5. The molecule has 7 heteroatoms. The van der Waals surface area contributed by atoms with Crippen LogP contribution in [0.25, 0.3) is 0 Å². The van der Waals surface area contributed by atoms with Crippen molar-refractivity contribution in [2.45, 2.75) is 45.8 Å². The Morgan fingerprint density at radius 2 is 1.77 bits per heavy atom. The number of nitrogens with one attached hydrogen (secondary N) is 1. The van der Waals surface area contributed by atoms with Gasteiger partial charge in [0.1, 0.15) is 5.75 Å². The molecule has 0 fully saturated rings. The molecule has 3 rings (SSSR count). The molecule has 1 aliphatic heterocycles. The van der Waals surface area contributed by atoms with E-state index in [9.17, 15) is 9.59 Å². The van der Waals surface area contributed by atoms with E-state index in [0.29, 0.717) is 17.2 Å². The van der Waals surface area contributed by atoms with Gasteiger partial charge in [-0.15, -0.1) is 0 Å². The van der Waals surface area contributed by atoms with E-state index in [1.807, 2.05) is 30.3 Å². The summed E-state index contributed by atoms with van der Waals surface area (Å²) in [4.78, 5) is 24.2. The number of esters is 1. The highest BCUT2D eigenvalue weighted by atomic mass is 16.7. The minimum Gasteiger partial charge on any atom is -0.482 e. The minimum atomic E-state index is -0.932. The molecule has 1 heterocycles. The van der Waals surface area contributed by atoms with Gasteiger partial charge in [-0.25, -0.2) is 4.79 Å². The maximum atomic E-state index is 12.2. The van der Waals surface area contributed by atoms with Gasteiger partial charge < -0.3 is 24.3 Å². The first-order valence-corrected chi connectivity index (χ1v) is 9.81. The highest BCUT2D eigenvalue weighted by Gasteiger charge is 2.19. The Labute approximate surface area is 176 Å². The lowest BCUT2D eigenvalue weighted by Crippen LogP contribution is -2.36. The third kappa shape index (κ3) is 5.65. The Balaban J connectivity index is 1.41. The van der Waals surface area contributed by atoms with Crippen molar-refractivity contribution in [1.29, 1.82) is 0 Å². The maximum Gasteiger partial charge on any atom is 0.344 e. The molecular formula is C23H27NO6. The van der Waals surface area contributed by atoms with E-state index >= 15 is 0 Å². The number of amides is 1. The summed E-state index contributed by atoms with van der Waals surface area (Å²) in [5.74, 6) is 0.894. The predicted octanol–water partition coefficient (Wildman–Crippen LogP) is 3.34. The normalized spacial score (nSPS) is 13.5. The van der Waals surface area contributed by atoms with Crippen molar-refractivity contribution in [3.63, 3.8) is 0 Å². The lowest BCUT2D eigenvalue weighted by Gasteiger charge is -2.19. The number of ether oxygens (including phenoxy) is 4. The number of hydrogen-bond acceptors (Lipinski definition) is 6. The Hall–Kier alpha value is -3.22. The van der Waals surface area contributed by atoms with E-state index in [2.05, 4.69) is 26.1 Å². The fourth-order valence-electron chi connectivity index (χ4n) is 2.86. The van der Waals surface area contributed by atoms with Crippen LogP contribution in [-0.4, -0.2) is 31.4 Å². The molecule has 0 spiro atoms. The zero-order chi connectivity index (χ0) is 21.7. The van der Waals surface area contributed by atoms with E-state index in [4.69, 9.17) is 18.9 Å². The van der Waals surface area contributed by atoms with Gasteiger partial charge in [-0.2, -0.15) is 0 Å². The predicted molar refractivity (Wildman–Crippen MR) is 111 cm³/mol. The molecule has 1 aliphatic rings. The van der Waals surface area contributed by atoms with Gasteiger partial charge in [-0.3, -0.25) is 4.79 Å². The second kappa shape index (κ2) is 9.07. The second-order valence-electron chi connectivity index (χ2n) is 8.10. The number of rotatable bonds is 7. The Kier molecular flexibility index (Phi) is 6.50. The van der Waals surface area contributed by atoms with Crippen LogP contribution in [0.3, 0.4) is 0 Å². The third-order valence-corrected chi connectivity index (χ3v) is 4.66. The van der Waals surface area contributed by atoms with Crippen LogP contribution in [0.2, 0.25) is 0 Å². The lowest BCUT2D eigenvalue weighted by atomic mass is 9.87. The largest absolute Gasteiger partial charge is 0.482 e. The molecule has 0 aromatic heterocycles. The summed E-state index contributed by atoms with van der Waals surface area (Å²) in [5.41, 5.74) is 2.07. The Bertz CT molecular complexity index is 901. The van der Waals surface area contributed by atoms with Crippen LogP contribution in [0.5, 0.6) is 17.2 Å². The number of carbonyl (C=O) groups excluding carboxylic acids is 2. The molecular weight excluding hydrogens is 386 g/mol. The van der Waals surface area contributed by atoms with Gasteiger partial charge in [-0.05, 0) is 47.7 Å². The second-order valence-corrected chi connectivity index (χ2v) is 8.10. The van der Waals surface area contributed by atoms with Gasteiger partial charge in [0.25, 0.3) is 5.91 Å². The topological polar surface area (TPSA) is 83.1 Å². The average Bonchev–Trinajstić information content (AvgIpc) is 3.18. The summed E-state index contributed by atoms with van der Waals surface area (Å²) in [7, 11) is 0. The molecule has 2 aromatic carbocycles. The van der Waals surface area contributed by atoms with Gasteiger partial charge in [-0.1, -0.05) is 39.0 Å². The van der Waals surface area contributed by atoms with Crippen LogP contribution < -0.4 is 19.5 Å². The zero-order valence-electron chi connectivity index (χ0n) is 17.7. The smallest absolute Gasteiger partial charge is 0.344 e. The van der Waals surface area contributed by atoms with Crippen molar-refractivity contribution in [2.75, 3.05) is 13.4 Å². The molecule has 2 aromatic rings. The van der Waals surface area contributed by atoms with Crippen molar-refractivity contribution in [1.82, 2.24) is 5.32 Å². The van der Waals surface area contributed by atoms with Crippen molar-refractivity contribution in [2.24, 2.45) is 0 Å². The van der Waals surface area contributed by atoms with Crippen LogP contribution in [0.4, 0.5) is 0 Å². The van der Waals surface area contributed by atoms with Gasteiger partial charge in [0, 0.05) is 6.54 Å². The van der Waals surface area contributed by atoms with Gasteiger partial charge >= 0.3 is 5.97 Å². The number of fused-ring (bicyclic) bond motifs is 1. The molecule has 30 heavy (non-hydrogen) atoms.